The van der Waals surface area contributed by atoms with E-state index in [0.717, 1.165) is 82.4 Å². The maximum absolute atomic E-state index is 14.8. The molecule has 2 aliphatic rings. The molecule has 1 saturated heterocycles. The minimum Gasteiger partial charge on any atom is -0.492 e. The lowest BCUT2D eigenvalue weighted by Gasteiger charge is -2.20. The predicted octanol–water partition coefficient (Wildman–Crippen LogP) is 8.36. The number of likely N-dealkylation sites (tertiary alicyclic amines) is 1. The van der Waals surface area contributed by atoms with E-state index in [0.29, 0.717) is 35.9 Å². The van der Waals surface area contributed by atoms with Crippen LogP contribution in [0.15, 0.2) is 73.3 Å². The highest BCUT2D eigenvalue weighted by Crippen LogP contribution is 2.36. The van der Waals surface area contributed by atoms with E-state index >= 15 is 0 Å². The van der Waals surface area contributed by atoms with E-state index in [4.69, 9.17) is 4.74 Å². The smallest absolute Gasteiger partial charge is 0.224 e. The molecule has 0 bridgehead atoms. The van der Waals surface area contributed by atoms with Gasteiger partial charge in [0.25, 0.3) is 0 Å². The zero-order chi connectivity index (χ0) is 33.2. The van der Waals surface area contributed by atoms with Gasteiger partial charge >= 0.3 is 0 Å². The number of halogens is 1. The van der Waals surface area contributed by atoms with Gasteiger partial charge in [-0.05, 0) is 92.2 Å². The van der Waals surface area contributed by atoms with Crippen molar-refractivity contribution in [1.82, 2.24) is 30.0 Å². The van der Waals surface area contributed by atoms with Crippen molar-refractivity contribution in [1.29, 1.82) is 0 Å². The SMILES string of the molecule is O=C(CC1CCCCC1)Nc1cncc(-c2ccc3[nH]nc(-c4cc5c(-c6cc(F)cc(OCCN7CCCC7)c6)cncc5[nH]4)c3c2)c1. The highest BCUT2D eigenvalue weighted by molar-refractivity contribution is 6.01. The molecule has 6 aromatic rings. The highest BCUT2D eigenvalue weighted by atomic mass is 19.1. The Hall–Kier alpha value is -5.09. The van der Waals surface area contributed by atoms with Crippen molar-refractivity contribution in [3.05, 3.63) is 79.1 Å². The summed E-state index contributed by atoms with van der Waals surface area (Å²) in [6, 6.07) is 15.0. The summed E-state index contributed by atoms with van der Waals surface area (Å²) in [5.41, 5.74) is 7.34. The zero-order valence-electron chi connectivity index (χ0n) is 27.5. The van der Waals surface area contributed by atoms with Gasteiger partial charge in [0.15, 0.2) is 0 Å². The molecule has 4 aromatic heterocycles. The number of nitrogens with one attached hydrogen (secondary N) is 3. The summed E-state index contributed by atoms with van der Waals surface area (Å²) in [6.45, 7) is 3.54. The molecule has 49 heavy (non-hydrogen) atoms. The maximum Gasteiger partial charge on any atom is 0.224 e. The summed E-state index contributed by atoms with van der Waals surface area (Å²) in [4.78, 5) is 27.6. The third kappa shape index (κ3) is 6.91. The number of carbonyl (C=O) groups is 1. The fraction of sp³-hybridized carbons (Fsp3) is 0.333. The lowest BCUT2D eigenvalue weighted by Crippen LogP contribution is -2.25. The Labute approximate surface area is 284 Å². The minimum absolute atomic E-state index is 0.0469. The number of amides is 1. The summed E-state index contributed by atoms with van der Waals surface area (Å²) < 4.78 is 20.8. The summed E-state index contributed by atoms with van der Waals surface area (Å²) >= 11 is 0. The number of anilines is 1. The van der Waals surface area contributed by atoms with Crippen LogP contribution in [-0.2, 0) is 4.79 Å². The number of ether oxygens (including phenoxy) is 1. The van der Waals surface area contributed by atoms with Crippen LogP contribution >= 0.6 is 0 Å². The van der Waals surface area contributed by atoms with E-state index < -0.39 is 0 Å². The van der Waals surface area contributed by atoms with Gasteiger partial charge in [-0.1, -0.05) is 25.3 Å². The number of rotatable bonds is 10. The van der Waals surface area contributed by atoms with E-state index in [1.165, 1.54) is 44.2 Å². The number of hydrogen-bond donors (Lipinski definition) is 3. The molecule has 0 atom stereocenters. The van der Waals surface area contributed by atoms with Crippen LogP contribution in [0.3, 0.4) is 0 Å². The molecule has 1 amide bonds. The molecule has 0 unspecified atom stereocenters. The third-order valence-corrected chi connectivity index (χ3v) is 9.97. The number of aromatic nitrogens is 5. The molecule has 2 fully saturated rings. The van der Waals surface area contributed by atoms with Crippen molar-refractivity contribution < 1.29 is 13.9 Å². The largest absolute Gasteiger partial charge is 0.492 e. The Kier molecular flexibility index (Phi) is 8.78. The molecule has 0 radical (unpaired) electrons. The number of pyridine rings is 2. The molecule has 10 heteroatoms. The fourth-order valence-electron chi connectivity index (χ4n) is 7.44. The number of benzene rings is 2. The molecule has 3 N–H and O–H groups in total. The molecule has 1 aliphatic carbocycles. The van der Waals surface area contributed by atoms with Crippen molar-refractivity contribution in [3.63, 3.8) is 0 Å². The molecular weight excluding hydrogens is 617 g/mol. The molecule has 1 aliphatic heterocycles. The second-order valence-electron chi connectivity index (χ2n) is 13.5. The van der Waals surface area contributed by atoms with Gasteiger partial charge in [0, 0.05) is 53.3 Å². The Morgan fingerprint density at radius 1 is 0.857 bits per heavy atom. The fourth-order valence-corrected chi connectivity index (χ4v) is 7.44. The number of fused-ring (bicyclic) bond motifs is 2. The molecule has 2 aromatic carbocycles. The van der Waals surface area contributed by atoms with Crippen LogP contribution in [0, 0.1) is 11.7 Å². The summed E-state index contributed by atoms with van der Waals surface area (Å²) in [5.74, 6) is 0.675. The Bertz CT molecular complexity index is 2110. The number of aromatic amines is 2. The van der Waals surface area contributed by atoms with E-state index in [-0.39, 0.29) is 11.7 Å². The lowest BCUT2D eigenvalue weighted by atomic mass is 9.87. The van der Waals surface area contributed by atoms with Crippen LogP contribution < -0.4 is 10.1 Å². The van der Waals surface area contributed by atoms with Crippen LogP contribution in [0.25, 0.3) is 55.4 Å². The highest BCUT2D eigenvalue weighted by Gasteiger charge is 2.19. The van der Waals surface area contributed by atoms with Crippen LogP contribution in [0.4, 0.5) is 10.1 Å². The first kappa shape index (κ1) is 31.2. The van der Waals surface area contributed by atoms with Gasteiger partial charge in [-0.3, -0.25) is 24.8 Å². The molecular formula is C39H40FN7O2. The Morgan fingerprint density at radius 3 is 2.59 bits per heavy atom. The lowest BCUT2D eigenvalue weighted by molar-refractivity contribution is -0.117. The van der Waals surface area contributed by atoms with Crippen molar-refractivity contribution >= 4 is 33.4 Å². The first-order valence-corrected chi connectivity index (χ1v) is 17.4. The topological polar surface area (TPSA) is 112 Å². The van der Waals surface area contributed by atoms with E-state index in [1.807, 2.05) is 36.5 Å². The molecule has 250 valence electrons. The van der Waals surface area contributed by atoms with Crippen LogP contribution in [-0.4, -0.2) is 62.2 Å². The minimum atomic E-state index is -0.352. The quantitative estimate of drug-likeness (QED) is 0.137. The number of nitrogens with zero attached hydrogens (tertiary/aromatic N) is 4. The first-order valence-electron chi connectivity index (χ1n) is 17.4. The van der Waals surface area contributed by atoms with Gasteiger partial charge in [-0.15, -0.1) is 0 Å². The van der Waals surface area contributed by atoms with Gasteiger partial charge in [0.2, 0.25) is 5.91 Å². The average Bonchev–Trinajstić information content (AvgIpc) is 3.88. The summed E-state index contributed by atoms with van der Waals surface area (Å²) in [7, 11) is 0. The van der Waals surface area contributed by atoms with Crippen LogP contribution in [0.2, 0.25) is 0 Å². The Balaban J connectivity index is 1.05. The number of H-pyrrole nitrogens is 2. The molecule has 9 nitrogen and oxygen atoms in total. The normalized spacial score (nSPS) is 15.7. The molecule has 8 rings (SSSR count). The molecule has 5 heterocycles. The van der Waals surface area contributed by atoms with Crippen molar-refractivity contribution in [2.45, 2.75) is 51.4 Å². The van der Waals surface area contributed by atoms with E-state index in [2.05, 4.69) is 41.4 Å². The summed E-state index contributed by atoms with van der Waals surface area (Å²) in [5, 5.41) is 12.7. The standard InChI is InChI=1S/C39H40FN7O2/c40-29-15-27(17-31(19-29)49-13-12-47-10-4-5-11-47)34-23-42-24-37-32(34)20-36(44-37)39-33-18-26(8-9-35(33)45-46-39)28-16-30(22-41-21-28)43-38(48)14-25-6-2-1-3-7-25/h8-9,15-25,44H,1-7,10-14H2,(H,43,48)(H,45,46). The van der Waals surface area contributed by atoms with Gasteiger partial charge in [-0.2, -0.15) is 5.10 Å². The first-order chi connectivity index (χ1) is 24.1. The predicted molar refractivity (Wildman–Crippen MR) is 191 cm³/mol. The van der Waals surface area contributed by atoms with Gasteiger partial charge in [0.05, 0.1) is 34.8 Å². The van der Waals surface area contributed by atoms with E-state index in [1.54, 1.807) is 18.6 Å². The van der Waals surface area contributed by atoms with Crippen molar-refractivity contribution in [3.8, 4) is 39.4 Å². The monoisotopic (exact) mass is 657 g/mol. The maximum atomic E-state index is 14.8. The zero-order valence-corrected chi connectivity index (χ0v) is 27.5. The number of hydrogen-bond acceptors (Lipinski definition) is 6. The second kappa shape index (κ2) is 13.8. The van der Waals surface area contributed by atoms with Crippen molar-refractivity contribution in [2.24, 2.45) is 5.92 Å². The van der Waals surface area contributed by atoms with Crippen molar-refractivity contribution in [2.75, 3.05) is 31.6 Å². The number of carbonyl (C=O) groups excluding carboxylic acids is 1. The Morgan fingerprint density at radius 2 is 1.71 bits per heavy atom. The molecule has 0 spiro atoms. The van der Waals surface area contributed by atoms with Gasteiger partial charge < -0.3 is 15.0 Å². The van der Waals surface area contributed by atoms with Gasteiger partial charge in [0.1, 0.15) is 23.9 Å². The second-order valence-corrected chi connectivity index (χ2v) is 13.5. The average molecular weight is 658 g/mol. The van der Waals surface area contributed by atoms with Crippen LogP contribution in [0.5, 0.6) is 5.75 Å². The molecule has 1 saturated carbocycles. The van der Waals surface area contributed by atoms with Crippen LogP contribution in [0.1, 0.15) is 51.4 Å². The van der Waals surface area contributed by atoms with E-state index in [9.17, 15) is 9.18 Å². The third-order valence-electron chi connectivity index (χ3n) is 9.97. The summed E-state index contributed by atoms with van der Waals surface area (Å²) in [6.07, 6.45) is 16.0. The van der Waals surface area contributed by atoms with Gasteiger partial charge in [-0.25, -0.2) is 4.39 Å².